The van der Waals surface area contributed by atoms with Crippen molar-refractivity contribution in [3.63, 3.8) is 0 Å². The van der Waals surface area contributed by atoms with Gasteiger partial charge in [0.15, 0.2) is 0 Å². The molecule has 22 heavy (non-hydrogen) atoms. The molecule has 2 fully saturated rings. The van der Waals surface area contributed by atoms with Crippen LogP contribution in [0, 0.1) is 0 Å². The zero-order valence-corrected chi connectivity index (χ0v) is 13.5. The van der Waals surface area contributed by atoms with Crippen molar-refractivity contribution in [2.45, 2.75) is 44.7 Å². The maximum atomic E-state index is 12.3. The molecule has 1 saturated heterocycles. The lowest BCUT2D eigenvalue weighted by Crippen LogP contribution is -2.53. The van der Waals surface area contributed by atoms with Gasteiger partial charge in [0.1, 0.15) is 0 Å². The van der Waals surface area contributed by atoms with Gasteiger partial charge in [-0.3, -0.25) is 4.90 Å². The van der Waals surface area contributed by atoms with Crippen molar-refractivity contribution >= 4 is 6.03 Å². The first kappa shape index (κ1) is 15.3. The van der Waals surface area contributed by atoms with Gasteiger partial charge in [-0.25, -0.2) is 4.79 Å². The molecule has 1 saturated carbocycles. The number of nitrogens with one attached hydrogen (secondary N) is 1. The molecular weight excluding hydrogens is 274 g/mol. The number of nitrogens with zero attached hydrogens (tertiary/aromatic N) is 2. The van der Waals surface area contributed by atoms with E-state index < -0.39 is 0 Å². The third kappa shape index (κ3) is 3.61. The van der Waals surface area contributed by atoms with Crippen LogP contribution in [-0.2, 0) is 0 Å². The highest BCUT2D eigenvalue weighted by molar-refractivity contribution is 5.74. The summed E-state index contributed by atoms with van der Waals surface area (Å²) in [7, 11) is 0. The van der Waals surface area contributed by atoms with Crippen LogP contribution in [-0.4, -0.2) is 48.1 Å². The van der Waals surface area contributed by atoms with E-state index in [4.69, 9.17) is 0 Å². The largest absolute Gasteiger partial charge is 0.335 e. The number of urea groups is 1. The standard InChI is InChI=1S/C18H27N3O/c1-15(16-7-3-2-4-8-16)20-11-13-21(14-12-20)18(22)19-17-9-5-6-10-17/h2-4,7-8,15,17H,5-6,9-14H2,1H3,(H,19,22). The van der Waals surface area contributed by atoms with Crippen molar-refractivity contribution in [3.05, 3.63) is 35.9 Å². The number of carbonyl (C=O) groups is 1. The van der Waals surface area contributed by atoms with E-state index in [1.54, 1.807) is 0 Å². The number of rotatable bonds is 3. The number of benzene rings is 1. The van der Waals surface area contributed by atoms with E-state index in [2.05, 4.69) is 47.5 Å². The summed E-state index contributed by atoms with van der Waals surface area (Å²) < 4.78 is 0. The van der Waals surface area contributed by atoms with Gasteiger partial charge >= 0.3 is 6.03 Å². The first-order valence-corrected chi connectivity index (χ1v) is 8.58. The minimum Gasteiger partial charge on any atom is -0.335 e. The summed E-state index contributed by atoms with van der Waals surface area (Å²) >= 11 is 0. The summed E-state index contributed by atoms with van der Waals surface area (Å²) in [5, 5.41) is 3.19. The van der Waals surface area contributed by atoms with Crippen LogP contribution >= 0.6 is 0 Å². The average Bonchev–Trinajstić information content (AvgIpc) is 3.08. The Morgan fingerprint density at radius 3 is 2.36 bits per heavy atom. The summed E-state index contributed by atoms with van der Waals surface area (Å²) in [6, 6.07) is 11.6. The van der Waals surface area contributed by atoms with Crippen LogP contribution < -0.4 is 5.32 Å². The van der Waals surface area contributed by atoms with Gasteiger partial charge < -0.3 is 10.2 Å². The third-order valence-corrected chi connectivity index (χ3v) is 5.11. The van der Waals surface area contributed by atoms with E-state index in [0.717, 1.165) is 39.0 Å². The molecule has 2 amide bonds. The van der Waals surface area contributed by atoms with Crippen LogP contribution in [0.1, 0.15) is 44.2 Å². The van der Waals surface area contributed by atoms with Crippen molar-refractivity contribution in [1.82, 2.24) is 15.1 Å². The van der Waals surface area contributed by atoms with E-state index in [1.165, 1.54) is 18.4 Å². The van der Waals surface area contributed by atoms with Crippen LogP contribution in [0.2, 0.25) is 0 Å². The number of piperazine rings is 1. The molecule has 4 heteroatoms. The molecule has 1 aliphatic heterocycles. The van der Waals surface area contributed by atoms with Crippen molar-refractivity contribution in [2.24, 2.45) is 0 Å². The van der Waals surface area contributed by atoms with Crippen molar-refractivity contribution in [3.8, 4) is 0 Å². The quantitative estimate of drug-likeness (QED) is 0.931. The second-order valence-electron chi connectivity index (χ2n) is 6.54. The minimum absolute atomic E-state index is 0.138. The number of hydrogen-bond acceptors (Lipinski definition) is 2. The highest BCUT2D eigenvalue weighted by atomic mass is 16.2. The third-order valence-electron chi connectivity index (χ3n) is 5.11. The van der Waals surface area contributed by atoms with Crippen LogP contribution in [0.5, 0.6) is 0 Å². The summed E-state index contributed by atoms with van der Waals surface area (Å²) in [6.45, 7) is 5.82. The van der Waals surface area contributed by atoms with Gasteiger partial charge in [-0.2, -0.15) is 0 Å². The fourth-order valence-electron chi connectivity index (χ4n) is 3.59. The fraction of sp³-hybridized carbons (Fsp3) is 0.611. The molecule has 1 aromatic carbocycles. The number of amides is 2. The predicted molar refractivity (Wildman–Crippen MR) is 88.8 cm³/mol. The Balaban J connectivity index is 1.48. The summed E-state index contributed by atoms with van der Waals surface area (Å²) in [5.41, 5.74) is 1.35. The normalized spacial score (nSPS) is 21.8. The van der Waals surface area contributed by atoms with Gasteiger partial charge in [-0.05, 0) is 25.3 Å². The van der Waals surface area contributed by atoms with Crippen LogP contribution in [0.25, 0.3) is 0 Å². The molecule has 4 nitrogen and oxygen atoms in total. The lowest BCUT2D eigenvalue weighted by atomic mass is 10.1. The molecule has 1 unspecified atom stereocenters. The first-order chi connectivity index (χ1) is 10.7. The summed E-state index contributed by atoms with van der Waals surface area (Å²) in [4.78, 5) is 16.7. The molecule has 120 valence electrons. The molecule has 0 radical (unpaired) electrons. The average molecular weight is 301 g/mol. The number of hydrogen-bond donors (Lipinski definition) is 1. The second kappa shape index (κ2) is 7.14. The highest BCUT2D eigenvalue weighted by Crippen LogP contribution is 2.22. The van der Waals surface area contributed by atoms with Crippen LogP contribution in [0.15, 0.2) is 30.3 Å². The fourth-order valence-corrected chi connectivity index (χ4v) is 3.59. The van der Waals surface area contributed by atoms with Gasteiger partial charge in [0, 0.05) is 38.3 Å². The molecule has 0 spiro atoms. The van der Waals surface area contributed by atoms with Gasteiger partial charge in [0.2, 0.25) is 0 Å². The van der Waals surface area contributed by atoms with Crippen molar-refractivity contribution in [2.75, 3.05) is 26.2 Å². The Morgan fingerprint density at radius 2 is 1.73 bits per heavy atom. The van der Waals surface area contributed by atoms with Crippen molar-refractivity contribution < 1.29 is 4.79 Å². The molecule has 0 bridgehead atoms. The molecule has 0 aromatic heterocycles. The van der Waals surface area contributed by atoms with Gasteiger partial charge in [0.05, 0.1) is 0 Å². The minimum atomic E-state index is 0.138. The molecule has 1 aliphatic carbocycles. The molecule has 3 rings (SSSR count). The Labute approximate surface area is 133 Å². The van der Waals surface area contributed by atoms with Gasteiger partial charge in [-0.15, -0.1) is 0 Å². The number of carbonyl (C=O) groups excluding carboxylic acids is 1. The van der Waals surface area contributed by atoms with E-state index in [-0.39, 0.29) is 6.03 Å². The Bertz CT molecular complexity index is 476. The Hall–Kier alpha value is -1.55. The maximum absolute atomic E-state index is 12.3. The van der Waals surface area contributed by atoms with Crippen molar-refractivity contribution in [1.29, 1.82) is 0 Å². The maximum Gasteiger partial charge on any atom is 0.317 e. The van der Waals surface area contributed by atoms with E-state index in [1.807, 2.05) is 4.90 Å². The SMILES string of the molecule is CC(c1ccccc1)N1CCN(C(=O)NC2CCCC2)CC1. The lowest BCUT2D eigenvalue weighted by Gasteiger charge is -2.38. The molecular formula is C18H27N3O. The van der Waals surface area contributed by atoms with Gasteiger partial charge in [-0.1, -0.05) is 43.2 Å². The Morgan fingerprint density at radius 1 is 1.09 bits per heavy atom. The summed E-state index contributed by atoms with van der Waals surface area (Å²) in [6.07, 6.45) is 4.81. The smallest absolute Gasteiger partial charge is 0.317 e. The monoisotopic (exact) mass is 301 g/mol. The Kier molecular flexibility index (Phi) is 4.98. The van der Waals surface area contributed by atoms with Gasteiger partial charge in [0.25, 0.3) is 0 Å². The zero-order chi connectivity index (χ0) is 15.4. The van der Waals surface area contributed by atoms with Crippen LogP contribution in [0.4, 0.5) is 4.79 Å². The second-order valence-corrected chi connectivity index (χ2v) is 6.54. The summed E-state index contributed by atoms with van der Waals surface area (Å²) in [5.74, 6) is 0. The molecule has 1 aromatic rings. The highest BCUT2D eigenvalue weighted by Gasteiger charge is 2.26. The lowest BCUT2D eigenvalue weighted by molar-refractivity contribution is 0.112. The van der Waals surface area contributed by atoms with Crippen LogP contribution in [0.3, 0.4) is 0 Å². The molecule has 2 aliphatic rings. The molecule has 1 heterocycles. The van der Waals surface area contributed by atoms with E-state index in [0.29, 0.717) is 12.1 Å². The molecule has 1 atom stereocenters. The van der Waals surface area contributed by atoms with E-state index >= 15 is 0 Å². The zero-order valence-electron chi connectivity index (χ0n) is 13.5. The molecule has 1 N–H and O–H groups in total. The predicted octanol–water partition coefficient (Wildman–Crippen LogP) is 3.02. The topological polar surface area (TPSA) is 35.6 Å². The first-order valence-electron chi connectivity index (χ1n) is 8.58. The van der Waals surface area contributed by atoms with E-state index in [9.17, 15) is 4.79 Å².